The molecular weight excluding hydrogens is 350 g/mol. The van der Waals surface area contributed by atoms with Gasteiger partial charge in [0.1, 0.15) is 5.75 Å². The highest BCUT2D eigenvalue weighted by Crippen LogP contribution is 2.49. The second kappa shape index (κ2) is 7.41. The van der Waals surface area contributed by atoms with Crippen LogP contribution < -0.4 is 10.1 Å². The summed E-state index contributed by atoms with van der Waals surface area (Å²) < 4.78 is 9.32. The van der Waals surface area contributed by atoms with Gasteiger partial charge in [-0.15, -0.1) is 11.8 Å². The molecule has 0 radical (unpaired) electrons. The zero-order valence-corrected chi connectivity index (χ0v) is 15.8. The first-order chi connectivity index (χ1) is 12.5. The first kappa shape index (κ1) is 18.3. The van der Waals surface area contributed by atoms with Gasteiger partial charge < -0.3 is 14.8 Å². The van der Waals surface area contributed by atoms with Crippen LogP contribution in [-0.4, -0.2) is 30.8 Å². The number of nitrogens with one attached hydrogen (secondary N) is 1. The Labute approximate surface area is 157 Å². The van der Waals surface area contributed by atoms with Crippen molar-refractivity contribution >= 4 is 23.6 Å². The normalized spacial score (nSPS) is 22.0. The molecule has 6 heteroatoms. The van der Waals surface area contributed by atoms with Crippen molar-refractivity contribution < 1.29 is 19.1 Å². The van der Waals surface area contributed by atoms with Gasteiger partial charge in [-0.2, -0.15) is 0 Å². The molecule has 1 aliphatic rings. The van der Waals surface area contributed by atoms with Crippen molar-refractivity contribution in [3.63, 3.8) is 0 Å². The maximum absolute atomic E-state index is 12.8. The van der Waals surface area contributed by atoms with Crippen molar-refractivity contribution in [2.45, 2.75) is 29.0 Å². The summed E-state index contributed by atoms with van der Waals surface area (Å²) in [5, 5.41) is 2.94. The van der Waals surface area contributed by atoms with E-state index in [1.54, 1.807) is 7.11 Å². The largest absolute Gasteiger partial charge is 0.497 e. The van der Waals surface area contributed by atoms with Gasteiger partial charge >= 0.3 is 5.97 Å². The van der Waals surface area contributed by atoms with E-state index in [9.17, 15) is 9.59 Å². The average Bonchev–Trinajstić information content (AvgIpc) is 3.00. The molecule has 0 saturated carbocycles. The summed E-state index contributed by atoms with van der Waals surface area (Å²) in [4.78, 5) is 26.0. The van der Waals surface area contributed by atoms with E-state index in [-0.39, 0.29) is 12.3 Å². The molecule has 0 aromatic heterocycles. The number of hydrogen-bond acceptors (Lipinski definition) is 5. The summed E-state index contributed by atoms with van der Waals surface area (Å²) in [5.74, 6) is 0.0693. The standard InChI is InChI=1S/C20H21NO4S/c1-13-7-9-16(10-8-13)26-20(19(23)25-3)12-17(22)21-18(20)14-5-4-6-15(11-14)24-2/h4-11,18H,12H2,1-3H3,(H,21,22)/t18?,20-/m1/s1. The molecule has 1 saturated heterocycles. The first-order valence-electron chi connectivity index (χ1n) is 8.26. The maximum Gasteiger partial charge on any atom is 0.325 e. The number of amides is 1. The van der Waals surface area contributed by atoms with Crippen LogP contribution in [0.2, 0.25) is 0 Å². The average molecular weight is 371 g/mol. The first-order valence-corrected chi connectivity index (χ1v) is 9.07. The molecule has 1 fully saturated rings. The molecule has 0 spiro atoms. The molecular formula is C20H21NO4S. The number of benzene rings is 2. The molecule has 5 nitrogen and oxygen atoms in total. The predicted molar refractivity (Wildman–Crippen MR) is 100 cm³/mol. The Balaban J connectivity index is 2.06. The fourth-order valence-corrected chi connectivity index (χ4v) is 4.53. The highest BCUT2D eigenvalue weighted by atomic mass is 32.2. The minimum Gasteiger partial charge on any atom is -0.497 e. The number of aryl methyl sites for hydroxylation is 1. The van der Waals surface area contributed by atoms with E-state index in [4.69, 9.17) is 9.47 Å². The second-order valence-electron chi connectivity index (χ2n) is 6.25. The summed E-state index contributed by atoms with van der Waals surface area (Å²) in [6.45, 7) is 2.00. The summed E-state index contributed by atoms with van der Waals surface area (Å²) in [7, 11) is 2.94. The minimum absolute atomic E-state index is 0.0556. The van der Waals surface area contributed by atoms with Gasteiger partial charge in [0.05, 0.1) is 26.7 Å². The third-order valence-corrected chi connectivity index (χ3v) is 5.89. The van der Waals surface area contributed by atoms with Crippen LogP contribution in [0.1, 0.15) is 23.6 Å². The van der Waals surface area contributed by atoms with Gasteiger partial charge in [0, 0.05) is 4.90 Å². The zero-order chi connectivity index (χ0) is 18.7. The molecule has 2 aromatic rings. The number of hydrogen-bond donors (Lipinski definition) is 1. The third kappa shape index (κ3) is 3.42. The third-order valence-electron chi connectivity index (χ3n) is 4.47. The number of rotatable bonds is 5. The van der Waals surface area contributed by atoms with Gasteiger partial charge in [0.25, 0.3) is 0 Å². The molecule has 0 aliphatic carbocycles. The molecule has 1 aliphatic heterocycles. The molecule has 1 N–H and O–H groups in total. The molecule has 2 atom stereocenters. The van der Waals surface area contributed by atoms with Crippen LogP contribution in [0.5, 0.6) is 5.75 Å². The highest BCUT2D eigenvalue weighted by molar-refractivity contribution is 8.01. The predicted octanol–water partition coefficient (Wildman–Crippen LogP) is 3.27. The minimum atomic E-state index is -1.08. The molecule has 1 unspecified atom stereocenters. The van der Waals surface area contributed by atoms with Crippen molar-refractivity contribution in [3.8, 4) is 5.75 Å². The summed E-state index contributed by atoms with van der Waals surface area (Å²) in [6, 6.07) is 14.8. The van der Waals surface area contributed by atoms with Crippen LogP contribution in [0, 0.1) is 6.92 Å². The van der Waals surface area contributed by atoms with Crippen LogP contribution in [0.4, 0.5) is 0 Å². The number of ether oxygens (including phenoxy) is 2. The van der Waals surface area contributed by atoms with Gasteiger partial charge in [-0.3, -0.25) is 9.59 Å². The van der Waals surface area contributed by atoms with Gasteiger partial charge in [0.15, 0.2) is 4.75 Å². The number of thioether (sulfide) groups is 1. The van der Waals surface area contributed by atoms with Crippen LogP contribution >= 0.6 is 11.8 Å². The number of carbonyl (C=O) groups is 2. The Morgan fingerprint density at radius 3 is 2.58 bits per heavy atom. The second-order valence-corrected chi connectivity index (χ2v) is 7.65. The number of carbonyl (C=O) groups excluding carboxylic acids is 2. The Morgan fingerprint density at radius 1 is 1.19 bits per heavy atom. The quantitative estimate of drug-likeness (QED) is 0.817. The highest BCUT2D eigenvalue weighted by Gasteiger charge is 2.55. The maximum atomic E-state index is 12.8. The Bertz CT molecular complexity index is 821. The van der Waals surface area contributed by atoms with Gasteiger partial charge in [-0.1, -0.05) is 29.8 Å². The van der Waals surface area contributed by atoms with Crippen molar-refractivity contribution in [2.75, 3.05) is 14.2 Å². The summed E-state index contributed by atoms with van der Waals surface area (Å²) in [5.41, 5.74) is 1.94. The van der Waals surface area contributed by atoms with Crippen molar-refractivity contribution in [2.24, 2.45) is 0 Å². The summed E-state index contributed by atoms with van der Waals surface area (Å²) >= 11 is 1.36. The topological polar surface area (TPSA) is 64.6 Å². The summed E-state index contributed by atoms with van der Waals surface area (Å²) in [6.07, 6.45) is 0.0556. The number of methoxy groups -OCH3 is 2. The molecule has 136 valence electrons. The lowest BCUT2D eigenvalue weighted by Crippen LogP contribution is -2.41. The van der Waals surface area contributed by atoms with Crippen molar-refractivity contribution in [1.82, 2.24) is 5.32 Å². The number of esters is 1. The Kier molecular flexibility index (Phi) is 5.23. The van der Waals surface area contributed by atoms with Crippen molar-refractivity contribution in [3.05, 3.63) is 59.7 Å². The molecule has 26 heavy (non-hydrogen) atoms. The SMILES string of the molecule is COC(=O)[C@@]1(Sc2ccc(C)cc2)CC(=O)NC1c1cccc(OC)c1. The van der Waals surface area contributed by atoms with Gasteiger partial charge in [0.2, 0.25) is 5.91 Å². The fraction of sp³-hybridized carbons (Fsp3) is 0.300. The van der Waals surface area contributed by atoms with E-state index < -0.39 is 16.8 Å². The van der Waals surface area contributed by atoms with E-state index >= 15 is 0 Å². The van der Waals surface area contributed by atoms with Gasteiger partial charge in [-0.05, 0) is 36.8 Å². The molecule has 1 heterocycles. The smallest absolute Gasteiger partial charge is 0.325 e. The van der Waals surface area contributed by atoms with E-state index in [0.29, 0.717) is 5.75 Å². The molecule has 0 bridgehead atoms. The van der Waals surface area contributed by atoms with E-state index in [1.807, 2.05) is 55.5 Å². The van der Waals surface area contributed by atoms with Gasteiger partial charge in [-0.25, -0.2) is 0 Å². The fourth-order valence-electron chi connectivity index (χ4n) is 3.16. The zero-order valence-electron chi connectivity index (χ0n) is 14.9. The molecule has 3 rings (SSSR count). The van der Waals surface area contributed by atoms with Crippen LogP contribution in [0.25, 0.3) is 0 Å². The van der Waals surface area contributed by atoms with Crippen LogP contribution in [0.3, 0.4) is 0 Å². The van der Waals surface area contributed by atoms with E-state index in [1.165, 1.54) is 18.9 Å². The van der Waals surface area contributed by atoms with E-state index in [0.717, 1.165) is 16.0 Å². The van der Waals surface area contributed by atoms with Crippen LogP contribution in [-0.2, 0) is 14.3 Å². The Hall–Kier alpha value is -2.47. The lowest BCUT2D eigenvalue weighted by molar-refractivity contribution is -0.144. The Morgan fingerprint density at radius 2 is 1.92 bits per heavy atom. The molecule has 2 aromatic carbocycles. The monoisotopic (exact) mass is 371 g/mol. The lowest BCUT2D eigenvalue weighted by Gasteiger charge is -2.31. The van der Waals surface area contributed by atoms with E-state index in [2.05, 4.69) is 5.32 Å². The van der Waals surface area contributed by atoms with Crippen LogP contribution in [0.15, 0.2) is 53.4 Å². The van der Waals surface area contributed by atoms with Crippen molar-refractivity contribution in [1.29, 1.82) is 0 Å². The molecule has 1 amide bonds. The lowest BCUT2D eigenvalue weighted by atomic mass is 9.93.